The van der Waals surface area contributed by atoms with E-state index in [4.69, 9.17) is 9.47 Å². The Bertz CT molecular complexity index is 384. The lowest BCUT2D eigenvalue weighted by Gasteiger charge is -2.18. The van der Waals surface area contributed by atoms with Gasteiger partial charge in [-0.3, -0.25) is 0 Å². The van der Waals surface area contributed by atoms with E-state index in [-0.39, 0.29) is 0 Å². The Morgan fingerprint density at radius 3 is 2.35 bits per heavy atom. The van der Waals surface area contributed by atoms with Gasteiger partial charge in [-0.15, -0.1) is 0 Å². The molecular weight excluding hydrogens is 386 g/mol. The van der Waals surface area contributed by atoms with Crippen LogP contribution in [0.5, 0.6) is 5.75 Å². The average Bonchev–Trinajstić information content (AvgIpc) is 2.41. The highest BCUT2D eigenvalue weighted by Gasteiger charge is 2.10. The van der Waals surface area contributed by atoms with Gasteiger partial charge in [-0.05, 0) is 62.9 Å². The van der Waals surface area contributed by atoms with E-state index in [1.165, 1.54) is 5.56 Å². The predicted octanol–water partition coefficient (Wildman–Crippen LogP) is 4.52. The van der Waals surface area contributed by atoms with Gasteiger partial charge in [-0.2, -0.15) is 0 Å². The zero-order valence-electron chi connectivity index (χ0n) is 12.3. The smallest absolute Gasteiger partial charge is 0.147 e. The van der Waals surface area contributed by atoms with Gasteiger partial charge >= 0.3 is 0 Å². The van der Waals surface area contributed by atoms with Gasteiger partial charge < -0.3 is 14.8 Å². The van der Waals surface area contributed by atoms with E-state index in [0.29, 0.717) is 12.6 Å². The van der Waals surface area contributed by atoms with Gasteiger partial charge in [0.05, 0.1) is 22.2 Å². The summed E-state index contributed by atoms with van der Waals surface area (Å²) < 4.78 is 12.8. The molecule has 0 aliphatic heterocycles. The molecule has 0 aromatic heterocycles. The molecule has 1 atom stereocenters. The normalized spacial score (nSPS) is 12.4. The Hall–Kier alpha value is -0.100. The van der Waals surface area contributed by atoms with Crippen LogP contribution in [0, 0.1) is 0 Å². The van der Waals surface area contributed by atoms with E-state index in [0.717, 1.165) is 40.7 Å². The highest BCUT2D eigenvalue weighted by Crippen LogP contribution is 2.34. The third-order valence-corrected chi connectivity index (χ3v) is 4.12. The molecule has 0 amide bonds. The molecule has 114 valence electrons. The summed E-state index contributed by atoms with van der Waals surface area (Å²) in [5.74, 6) is 0.859. The molecule has 0 saturated heterocycles. The maximum Gasteiger partial charge on any atom is 0.147 e. The molecule has 1 N–H and O–H groups in total. The number of hydrogen-bond acceptors (Lipinski definition) is 3. The van der Waals surface area contributed by atoms with Crippen molar-refractivity contribution in [1.29, 1.82) is 0 Å². The standard InChI is InChI=1S/C15H23Br2NO2/c1-4-6-12(10-19-3)18-9-11-7-13(16)15(20-5-2)14(17)8-11/h7-8,12,18H,4-6,9-10H2,1-3H3. The molecule has 1 aromatic rings. The topological polar surface area (TPSA) is 30.5 Å². The van der Waals surface area contributed by atoms with Crippen molar-refractivity contribution in [2.24, 2.45) is 0 Å². The van der Waals surface area contributed by atoms with Crippen LogP contribution in [0.2, 0.25) is 0 Å². The van der Waals surface area contributed by atoms with Gasteiger partial charge in [-0.25, -0.2) is 0 Å². The van der Waals surface area contributed by atoms with E-state index in [9.17, 15) is 0 Å². The highest BCUT2D eigenvalue weighted by molar-refractivity contribution is 9.11. The molecule has 5 heteroatoms. The summed E-state index contributed by atoms with van der Waals surface area (Å²) in [6.45, 7) is 6.38. The second-order valence-electron chi connectivity index (χ2n) is 4.64. The Kier molecular flexibility index (Phi) is 8.77. The Labute approximate surface area is 138 Å². The van der Waals surface area contributed by atoms with Gasteiger partial charge in [0.15, 0.2) is 0 Å². The number of ether oxygens (including phenoxy) is 2. The largest absolute Gasteiger partial charge is 0.492 e. The van der Waals surface area contributed by atoms with E-state index in [2.05, 4.69) is 56.2 Å². The lowest BCUT2D eigenvalue weighted by Crippen LogP contribution is -2.32. The number of nitrogens with one attached hydrogen (secondary N) is 1. The fourth-order valence-electron chi connectivity index (χ4n) is 2.05. The zero-order chi connectivity index (χ0) is 15.0. The molecule has 0 saturated carbocycles. The van der Waals surface area contributed by atoms with E-state index >= 15 is 0 Å². The van der Waals surface area contributed by atoms with Gasteiger partial charge in [0.25, 0.3) is 0 Å². The van der Waals surface area contributed by atoms with Crippen LogP contribution in [0.4, 0.5) is 0 Å². The van der Waals surface area contributed by atoms with Crippen molar-refractivity contribution >= 4 is 31.9 Å². The second kappa shape index (κ2) is 9.77. The van der Waals surface area contributed by atoms with Gasteiger partial charge in [0.1, 0.15) is 5.75 Å². The maximum absolute atomic E-state index is 5.59. The predicted molar refractivity (Wildman–Crippen MR) is 90.4 cm³/mol. The minimum atomic E-state index is 0.397. The van der Waals surface area contributed by atoms with Crippen LogP contribution < -0.4 is 10.1 Å². The first kappa shape index (κ1) is 18.0. The molecule has 1 rings (SSSR count). The van der Waals surface area contributed by atoms with E-state index < -0.39 is 0 Å². The SMILES string of the molecule is CCCC(COC)NCc1cc(Br)c(OCC)c(Br)c1. The van der Waals surface area contributed by atoms with Gasteiger partial charge in [-0.1, -0.05) is 13.3 Å². The molecule has 0 spiro atoms. The van der Waals surface area contributed by atoms with Crippen molar-refractivity contribution in [3.63, 3.8) is 0 Å². The third kappa shape index (κ3) is 5.72. The number of rotatable bonds is 9. The van der Waals surface area contributed by atoms with Crippen LogP contribution in [0.1, 0.15) is 32.3 Å². The summed E-state index contributed by atoms with van der Waals surface area (Å²) >= 11 is 7.12. The van der Waals surface area contributed by atoms with Crippen molar-refractivity contribution in [2.45, 2.75) is 39.3 Å². The first-order valence-electron chi connectivity index (χ1n) is 6.95. The Morgan fingerprint density at radius 1 is 1.20 bits per heavy atom. The van der Waals surface area contributed by atoms with Crippen LogP contribution in [-0.4, -0.2) is 26.4 Å². The third-order valence-electron chi connectivity index (χ3n) is 2.95. The van der Waals surface area contributed by atoms with E-state index in [1.807, 2.05) is 6.92 Å². The zero-order valence-corrected chi connectivity index (χ0v) is 15.5. The quantitative estimate of drug-likeness (QED) is 0.651. The van der Waals surface area contributed by atoms with E-state index in [1.54, 1.807) is 7.11 Å². The summed E-state index contributed by atoms with van der Waals surface area (Å²) in [7, 11) is 1.74. The summed E-state index contributed by atoms with van der Waals surface area (Å²) in [6, 6.07) is 4.59. The number of halogens is 2. The fourth-order valence-corrected chi connectivity index (χ4v) is 3.56. The van der Waals surface area contributed by atoms with Crippen molar-refractivity contribution in [1.82, 2.24) is 5.32 Å². The number of methoxy groups -OCH3 is 1. The summed E-state index contributed by atoms with van der Waals surface area (Å²) in [5, 5.41) is 3.54. The molecule has 1 unspecified atom stereocenters. The highest BCUT2D eigenvalue weighted by atomic mass is 79.9. The molecule has 1 aromatic carbocycles. The lowest BCUT2D eigenvalue weighted by atomic mass is 10.1. The summed E-state index contributed by atoms with van der Waals surface area (Å²) in [4.78, 5) is 0. The first-order valence-corrected chi connectivity index (χ1v) is 8.53. The van der Waals surface area contributed by atoms with Crippen molar-refractivity contribution in [3.8, 4) is 5.75 Å². The Morgan fingerprint density at radius 2 is 1.85 bits per heavy atom. The minimum Gasteiger partial charge on any atom is -0.492 e. The van der Waals surface area contributed by atoms with Crippen LogP contribution >= 0.6 is 31.9 Å². The molecular formula is C15H23Br2NO2. The van der Waals surface area contributed by atoms with Crippen LogP contribution in [0.15, 0.2) is 21.1 Å². The fraction of sp³-hybridized carbons (Fsp3) is 0.600. The van der Waals surface area contributed by atoms with Crippen molar-refractivity contribution < 1.29 is 9.47 Å². The van der Waals surface area contributed by atoms with Crippen LogP contribution in [-0.2, 0) is 11.3 Å². The van der Waals surface area contributed by atoms with Gasteiger partial charge in [0.2, 0.25) is 0 Å². The lowest BCUT2D eigenvalue weighted by molar-refractivity contribution is 0.161. The van der Waals surface area contributed by atoms with Crippen LogP contribution in [0.25, 0.3) is 0 Å². The van der Waals surface area contributed by atoms with Crippen molar-refractivity contribution in [2.75, 3.05) is 20.3 Å². The molecule has 0 heterocycles. The maximum atomic E-state index is 5.59. The molecule has 0 radical (unpaired) electrons. The average molecular weight is 409 g/mol. The molecule has 0 fully saturated rings. The minimum absolute atomic E-state index is 0.397. The summed E-state index contributed by atoms with van der Waals surface area (Å²) in [5.41, 5.74) is 1.21. The number of benzene rings is 1. The monoisotopic (exact) mass is 407 g/mol. The molecule has 0 aliphatic rings. The molecule has 20 heavy (non-hydrogen) atoms. The second-order valence-corrected chi connectivity index (χ2v) is 6.35. The Balaban J connectivity index is 2.68. The first-order chi connectivity index (χ1) is 9.62. The molecule has 0 aliphatic carbocycles. The molecule has 3 nitrogen and oxygen atoms in total. The molecule has 0 bridgehead atoms. The van der Waals surface area contributed by atoms with Gasteiger partial charge in [0, 0.05) is 19.7 Å². The number of hydrogen-bond donors (Lipinski definition) is 1. The van der Waals surface area contributed by atoms with Crippen LogP contribution in [0.3, 0.4) is 0 Å². The summed E-state index contributed by atoms with van der Waals surface area (Å²) in [6.07, 6.45) is 2.27. The van der Waals surface area contributed by atoms with Crippen molar-refractivity contribution in [3.05, 3.63) is 26.6 Å².